The van der Waals surface area contributed by atoms with Crippen molar-refractivity contribution in [3.05, 3.63) is 83.4 Å². The van der Waals surface area contributed by atoms with Crippen molar-refractivity contribution in [2.75, 3.05) is 45.4 Å². The largest absolute Gasteiger partial charge is 0.494 e. The lowest BCUT2D eigenvalue weighted by atomic mass is 9.65. The number of halogens is 1. The van der Waals surface area contributed by atoms with Crippen LogP contribution in [-0.2, 0) is 14.9 Å². The third-order valence-electron chi connectivity index (χ3n) is 6.65. The van der Waals surface area contributed by atoms with Crippen molar-refractivity contribution < 1.29 is 28.4 Å². The maximum atomic E-state index is 6.38. The lowest BCUT2D eigenvalue weighted by Gasteiger charge is -2.43. The van der Waals surface area contributed by atoms with Crippen molar-refractivity contribution in [1.29, 1.82) is 0 Å². The maximum absolute atomic E-state index is 6.38. The number of alkyl halides is 1. The van der Waals surface area contributed by atoms with E-state index in [1.807, 2.05) is 30.3 Å². The predicted molar refractivity (Wildman–Crippen MR) is 153 cm³/mol. The second-order valence-electron chi connectivity index (χ2n) is 9.28. The summed E-state index contributed by atoms with van der Waals surface area (Å²) >= 11 is 2.41. The summed E-state index contributed by atoms with van der Waals surface area (Å²) in [7, 11) is 3.22. The highest BCUT2D eigenvalue weighted by Crippen LogP contribution is 2.51. The van der Waals surface area contributed by atoms with Crippen LogP contribution in [0.1, 0.15) is 42.4 Å². The lowest BCUT2D eigenvalue weighted by molar-refractivity contribution is 0.0505. The molecule has 0 aliphatic carbocycles. The van der Waals surface area contributed by atoms with E-state index in [0.29, 0.717) is 6.61 Å². The van der Waals surface area contributed by atoms with E-state index in [4.69, 9.17) is 28.4 Å². The van der Waals surface area contributed by atoms with Gasteiger partial charge in [0.25, 0.3) is 0 Å². The van der Waals surface area contributed by atoms with Crippen molar-refractivity contribution in [2.45, 2.75) is 31.1 Å². The number of rotatable bonds is 13. The fourth-order valence-corrected chi connectivity index (χ4v) is 5.32. The quantitative estimate of drug-likeness (QED) is 0.0917. The Morgan fingerprint density at radius 1 is 0.838 bits per heavy atom. The monoisotopic (exact) mass is 618 g/mol. The van der Waals surface area contributed by atoms with Gasteiger partial charge in [0.15, 0.2) is 13.6 Å². The van der Waals surface area contributed by atoms with Crippen molar-refractivity contribution >= 4 is 22.6 Å². The molecule has 37 heavy (non-hydrogen) atoms. The van der Waals surface area contributed by atoms with Crippen molar-refractivity contribution in [3.63, 3.8) is 0 Å². The highest BCUT2D eigenvalue weighted by atomic mass is 127. The minimum Gasteiger partial charge on any atom is -0.494 e. The van der Waals surface area contributed by atoms with Crippen LogP contribution in [0.5, 0.6) is 23.0 Å². The smallest absolute Gasteiger partial charge is 0.188 e. The van der Waals surface area contributed by atoms with Crippen LogP contribution < -0.4 is 18.9 Å². The van der Waals surface area contributed by atoms with Crippen LogP contribution in [0.4, 0.5) is 0 Å². The highest BCUT2D eigenvalue weighted by molar-refractivity contribution is 14.1. The summed E-state index contributed by atoms with van der Waals surface area (Å²) in [6.07, 6.45) is 2.20. The second-order valence-corrected chi connectivity index (χ2v) is 10.4. The molecule has 0 spiro atoms. The van der Waals surface area contributed by atoms with E-state index in [2.05, 4.69) is 65.9 Å². The third kappa shape index (κ3) is 6.69. The molecular formula is C30H35IO6. The number of fused-ring (bicyclic) bond motifs is 1. The fraction of sp³-hybridized carbons (Fsp3) is 0.400. The summed E-state index contributed by atoms with van der Waals surface area (Å²) in [5.74, 6) is 3.24. The van der Waals surface area contributed by atoms with E-state index in [-0.39, 0.29) is 24.9 Å². The molecule has 0 radical (unpaired) electrons. The van der Waals surface area contributed by atoms with Gasteiger partial charge in [-0.25, -0.2) is 0 Å². The van der Waals surface area contributed by atoms with Crippen LogP contribution in [0, 0.1) is 0 Å². The molecule has 0 amide bonds. The topological polar surface area (TPSA) is 55.4 Å². The molecule has 0 saturated carbocycles. The zero-order valence-corrected chi connectivity index (χ0v) is 23.9. The van der Waals surface area contributed by atoms with Gasteiger partial charge < -0.3 is 28.4 Å². The molecule has 2 atom stereocenters. The number of methoxy groups -OCH3 is 2. The van der Waals surface area contributed by atoms with Crippen LogP contribution in [-0.4, -0.2) is 45.4 Å². The van der Waals surface area contributed by atoms with Gasteiger partial charge in [0.05, 0.1) is 13.2 Å². The van der Waals surface area contributed by atoms with Gasteiger partial charge in [-0.1, -0.05) is 59.8 Å². The van der Waals surface area contributed by atoms with Gasteiger partial charge in [-0.3, -0.25) is 0 Å². The predicted octanol–water partition coefficient (Wildman–Crippen LogP) is 6.73. The van der Waals surface area contributed by atoms with Crippen LogP contribution in [0.3, 0.4) is 0 Å². The van der Waals surface area contributed by atoms with Crippen molar-refractivity contribution in [2.24, 2.45) is 0 Å². The molecular weight excluding hydrogens is 583 g/mol. The molecule has 0 saturated heterocycles. The van der Waals surface area contributed by atoms with Crippen molar-refractivity contribution in [3.8, 4) is 23.0 Å². The number of hydrogen-bond donors (Lipinski definition) is 0. The van der Waals surface area contributed by atoms with E-state index >= 15 is 0 Å². The Bertz CT molecular complexity index is 1140. The Balaban J connectivity index is 1.71. The van der Waals surface area contributed by atoms with Gasteiger partial charge >= 0.3 is 0 Å². The molecule has 0 fully saturated rings. The van der Waals surface area contributed by atoms with Gasteiger partial charge in [0, 0.05) is 37.2 Å². The summed E-state index contributed by atoms with van der Waals surface area (Å²) in [6.45, 7) is 3.89. The molecule has 7 heteroatoms. The average molecular weight is 619 g/mol. The first-order valence-electron chi connectivity index (χ1n) is 12.5. The zero-order chi connectivity index (χ0) is 26.1. The Hall–Kier alpha value is -2.49. The van der Waals surface area contributed by atoms with Gasteiger partial charge in [0.2, 0.25) is 0 Å². The van der Waals surface area contributed by atoms with Crippen LogP contribution in [0.25, 0.3) is 0 Å². The Kier molecular flexibility index (Phi) is 9.94. The molecule has 2 unspecified atom stereocenters. The average Bonchev–Trinajstić information content (AvgIpc) is 2.93. The summed E-state index contributed by atoms with van der Waals surface area (Å²) < 4.78 is 35.1. The maximum Gasteiger partial charge on any atom is 0.188 e. The number of hydrogen-bond acceptors (Lipinski definition) is 6. The molecule has 198 valence electrons. The third-order valence-corrected chi connectivity index (χ3v) is 7.41. The second kappa shape index (κ2) is 13.3. The summed E-state index contributed by atoms with van der Waals surface area (Å²) in [4.78, 5) is 0. The Morgan fingerprint density at radius 2 is 1.54 bits per heavy atom. The SMILES string of the molecule is COCOc1ccc(C2(C)COc3cc(OCOC)ccc3C2c2cccc(OCCCCI)c2)cc1. The molecule has 4 rings (SSSR count). The Labute approximate surface area is 233 Å². The van der Waals surface area contributed by atoms with Gasteiger partial charge in [0.1, 0.15) is 23.0 Å². The molecule has 3 aromatic carbocycles. The van der Waals surface area contributed by atoms with Crippen LogP contribution in [0.2, 0.25) is 0 Å². The molecule has 0 N–H and O–H groups in total. The normalized spacial score (nSPS) is 18.5. The lowest BCUT2D eigenvalue weighted by Crippen LogP contribution is -2.41. The standard InChI is InChI=1S/C30H35IO6/c1-30(23-9-11-24(12-10-23)36-20-32-2)19-35-28-18-26(37-21-33-3)13-14-27(28)29(30)22-7-6-8-25(17-22)34-16-5-4-15-31/h6-14,17-18,29H,4-5,15-16,19-21H2,1-3H3. The molecule has 6 nitrogen and oxygen atoms in total. The molecule has 3 aromatic rings. The van der Waals surface area contributed by atoms with Crippen molar-refractivity contribution in [1.82, 2.24) is 0 Å². The fourth-order valence-electron chi connectivity index (χ4n) is 4.78. The summed E-state index contributed by atoms with van der Waals surface area (Å²) in [6, 6.07) is 22.7. The zero-order valence-electron chi connectivity index (χ0n) is 21.7. The number of benzene rings is 3. The number of unbranched alkanes of at least 4 members (excludes halogenated alkanes) is 1. The van der Waals surface area contributed by atoms with E-state index in [1.165, 1.54) is 11.1 Å². The first-order valence-corrected chi connectivity index (χ1v) is 14.0. The molecule has 0 aromatic heterocycles. The molecule has 1 aliphatic heterocycles. The van der Waals surface area contributed by atoms with Gasteiger partial charge in [-0.15, -0.1) is 0 Å². The van der Waals surface area contributed by atoms with Gasteiger partial charge in [-0.2, -0.15) is 0 Å². The van der Waals surface area contributed by atoms with E-state index in [1.54, 1.807) is 14.2 Å². The first-order chi connectivity index (χ1) is 18.1. The first kappa shape index (κ1) is 27.5. The summed E-state index contributed by atoms with van der Waals surface area (Å²) in [5.41, 5.74) is 3.13. The minimum absolute atomic E-state index is 0.0383. The molecule has 1 aliphatic rings. The molecule has 0 bridgehead atoms. The van der Waals surface area contributed by atoms with Crippen LogP contribution >= 0.6 is 22.6 Å². The minimum atomic E-state index is -0.332. The van der Waals surface area contributed by atoms with E-state index in [0.717, 1.165) is 52.4 Å². The highest BCUT2D eigenvalue weighted by Gasteiger charge is 2.43. The van der Waals surface area contributed by atoms with E-state index in [9.17, 15) is 0 Å². The van der Waals surface area contributed by atoms with E-state index < -0.39 is 0 Å². The number of ether oxygens (including phenoxy) is 6. The van der Waals surface area contributed by atoms with Gasteiger partial charge in [-0.05, 0) is 58.7 Å². The summed E-state index contributed by atoms with van der Waals surface area (Å²) in [5, 5.41) is 0. The van der Waals surface area contributed by atoms with Crippen LogP contribution in [0.15, 0.2) is 66.7 Å². The Morgan fingerprint density at radius 3 is 2.27 bits per heavy atom. The molecule has 1 heterocycles.